The molecule has 114 valence electrons. The predicted octanol–water partition coefficient (Wildman–Crippen LogP) is 2.25. The summed E-state index contributed by atoms with van der Waals surface area (Å²) in [5.74, 6) is -1.21. The van der Waals surface area contributed by atoms with Crippen LogP contribution in [0.3, 0.4) is 0 Å². The molecule has 0 spiro atoms. The molecule has 5 heteroatoms. The number of aryl methyl sites for hydroxylation is 1. The zero-order valence-electron chi connectivity index (χ0n) is 12.5. The van der Waals surface area contributed by atoms with Crippen molar-refractivity contribution in [1.29, 1.82) is 0 Å². The zero-order valence-corrected chi connectivity index (χ0v) is 12.5. The summed E-state index contributed by atoms with van der Waals surface area (Å²) in [7, 11) is 0. The van der Waals surface area contributed by atoms with Crippen LogP contribution in [-0.4, -0.2) is 28.1 Å². The molecule has 3 N–H and O–H groups in total. The first-order valence-electron chi connectivity index (χ1n) is 6.80. The Morgan fingerprint density at radius 2 is 1.71 bits per heavy atom. The first-order valence-corrected chi connectivity index (χ1v) is 6.80. The quantitative estimate of drug-likeness (QED) is 0.702. The first kappa shape index (κ1) is 16.8. The maximum atomic E-state index is 11.9. The highest BCUT2D eigenvalue weighted by atomic mass is 16.4. The highest BCUT2D eigenvalue weighted by Crippen LogP contribution is 2.12. The third-order valence-electron chi connectivity index (χ3n) is 3.40. The lowest BCUT2D eigenvalue weighted by atomic mass is 10.1. The van der Waals surface area contributed by atoms with Gasteiger partial charge in [-0.1, -0.05) is 12.1 Å². The number of carbonyl (C=O) groups is 2. The number of aliphatic carboxylic acids is 1. The fourth-order valence-corrected chi connectivity index (χ4v) is 1.78. The van der Waals surface area contributed by atoms with Crippen LogP contribution in [0.1, 0.15) is 32.8 Å². The Morgan fingerprint density at radius 3 is 2.24 bits per heavy atom. The number of hydrogen-bond donors (Lipinski definition) is 3. The second kappa shape index (κ2) is 7.47. The molecule has 1 aromatic rings. The van der Waals surface area contributed by atoms with Gasteiger partial charge in [-0.05, 0) is 51.3 Å². The van der Waals surface area contributed by atoms with Crippen LogP contribution in [-0.2, 0) is 16.0 Å². The minimum absolute atomic E-state index is 0.0539. The molecule has 0 bridgehead atoms. The van der Waals surface area contributed by atoms with E-state index in [1.807, 2.05) is 19.1 Å². The normalized spacial score (nSPS) is 13.3. The fraction of sp³-hybridized carbons (Fsp3) is 0.375. The first-order chi connectivity index (χ1) is 9.81. The summed E-state index contributed by atoms with van der Waals surface area (Å²) in [6.45, 7) is 4.80. The number of carboxylic acids is 1. The molecule has 0 fully saturated rings. The Balaban J connectivity index is 2.52. The van der Waals surface area contributed by atoms with Gasteiger partial charge in [-0.15, -0.1) is 0 Å². The van der Waals surface area contributed by atoms with E-state index in [1.165, 1.54) is 13.8 Å². The molecule has 0 aliphatic heterocycles. The number of hydrogen-bond acceptors (Lipinski definition) is 3. The molecule has 21 heavy (non-hydrogen) atoms. The van der Waals surface area contributed by atoms with E-state index in [9.17, 15) is 14.7 Å². The molecular weight excluding hydrogens is 270 g/mol. The number of phenols is 1. The largest absolute Gasteiger partial charge is 0.508 e. The van der Waals surface area contributed by atoms with Crippen molar-refractivity contribution in [3.05, 3.63) is 41.0 Å². The van der Waals surface area contributed by atoms with Gasteiger partial charge in [-0.2, -0.15) is 0 Å². The van der Waals surface area contributed by atoms with Gasteiger partial charge in [-0.3, -0.25) is 4.79 Å². The van der Waals surface area contributed by atoms with E-state index in [0.29, 0.717) is 0 Å². The van der Waals surface area contributed by atoms with Gasteiger partial charge in [0.25, 0.3) is 0 Å². The van der Waals surface area contributed by atoms with Crippen LogP contribution in [0.25, 0.3) is 0 Å². The van der Waals surface area contributed by atoms with Crippen molar-refractivity contribution in [2.45, 2.75) is 39.7 Å². The Labute approximate surface area is 124 Å². The van der Waals surface area contributed by atoms with Crippen LogP contribution in [0.5, 0.6) is 5.75 Å². The molecule has 1 atom stereocenters. The summed E-state index contributed by atoms with van der Waals surface area (Å²) < 4.78 is 0. The third kappa shape index (κ3) is 5.30. The van der Waals surface area contributed by atoms with Crippen molar-refractivity contribution in [1.82, 2.24) is 5.32 Å². The average Bonchev–Trinajstić information content (AvgIpc) is 2.44. The van der Waals surface area contributed by atoms with Crippen molar-refractivity contribution in [2.24, 2.45) is 0 Å². The van der Waals surface area contributed by atoms with Gasteiger partial charge in [0, 0.05) is 17.2 Å². The van der Waals surface area contributed by atoms with Gasteiger partial charge >= 0.3 is 5.97 Å². The third-order valence-corrected chi connectivity index (χ3v) is 3.40. The van der Waals surface area contributed by atoms with E-state index in [4.69, 9.17) is 5.11 Å². The molecule has 1 rings (SSSR count). The van der Waals surface area contributed by atoms with E-state index in [-0.39, 0.29) is 28.8 Å². The lowest BCUT2D eigenvalue weighted by Gasteiger charge is -2.14. The van der Waals surface area contributed by atoms with Gasteiger partial charge in [0.05, 0.1) is 0 Å². The van der Waals surface area contributed by atoms with E-state index < -0.39 is 5.97 Å². The van der Waals surface area contributed by atoms with Crippen molar-refractivity contribution < 1.29 is 19.8 Å². The van der Waals surface area contributed by atoms with Crippen molar-refractivity contribution in [3.8, 4) is 5.75 Å². The van der Waals surface area contributed by atoms with Gasteiger partial charge in [0.15, 0.2) is 0 Å². The molecule has 0 saturated heterocycles. The SMILES string of the molecule is CC(C(=O)O)=C(C)C(=O)NC(C)CCc1ccc(O)cc1. The van der Waals surface area contributed by atoms with Crippen molar-refractivity contribution in [3.63, 3.8) is 0 Å². The number of rotatable bonds is 6. The second-order valence-electron chi connectivity index (χ2n) is 5.13. The van der Waals surface area contributed by atoms with Crippen LogP contribution >= 0.6 is 0 Å². The standard InChI is InChI=1S/C16H21NO4/c1-10(4-5-13-6-8-14(18)9-7-13)17-15(19)11(2)12(3)16(20)21/h6-10,18H,4-5H2,1-3H3,(H,17,19)(H,20,21). The predicted molar refractivity (Wildman–Crippen MR) is 80.0 cm³/mol. The van der Waals surface area contributed by atoms with Crippen LogP contribution < -0.4 is 5.32 Å². The van der Waals surface area contributed by atoms with E-state index >= 15 is 0 Å². The maximum Gasteiger partial charge on any atom is 0.331 e. The topological polar surface area (TPSA) is 86.6 Å². The summed E-state index contributed by atoms with van der Waals surface area (Å²) in [6.07, 6.45) is 1.50. The summed E-state index contributed by atoms with van der Waals surface area (Å²) in [5, 5.41) is 20.8. The summed E-state index contributed by atoms with van der Waals surface area (Å²) in [4.78, 5) is 22.7. The number of amides is 1. The van der Waals surface area contributed by atoms with Crippen LogP contribution in [0, 0.1) is 0 Å². The highest BCUT2D eigenvalue weighted by molar-refractivity contribution is 6.01. The summed E-state index contributed by atoms with van der Waals surface area (Å²) >= 11 is 0. The van der Waals surface area contributed by atoms with Crippen molar-refractivity contribution >= 4 is 11.9 Å². The van der Waals surface area contributed by atoms with Gasteiger partial charge < -0.3 is 15.5 Å². The molecule has 5 nitrogen and oxygen atoms in total. The lowest BCUT2D eigenvalue weighted by Crippen LogP contribution is -2.34. The number of aromatic hydroxyl groups is 1. The number of carbonyl (C=O) groups excluding carboxylic acids is 1. The minimum atomic E-state index is -1.08. The number of carboxylic acid groups (broad SMARTS) is 1. The number of benzene rings is 1. The summed E-state index contributed by atoms with van der Waals surface area (Å²) in [5.41, 5.74) is 1.35. The molecule has 0 saturated carbocycles. The van der Waals surface area contributed by atoms with Crippen LogP contribution in [0.2, 0.25) is 0 Å². The molecule has 1 unspecified atom stereocenters. The molecule has 0 aliphatic carbocycles. The monoisotopic (exact) mass is 291 g/mol. The smallest absolute Gasteiger partial charge is 0.331 e. The van der Waals surface area contributed by atoms with Crippen LogP contribution in [0.4, 0.5) is 0 Å². The van der Waals surface area contributed by atoms with Gasteiger partial charge in [0.1, 0.15) is 5.75 Å². The lowest BCUT2D eigenvalue weighted by molar-refractivity contribution is -0.133. The fourth-order valence-electron chi connectivity index (χ4n) is 1.78. The van der Waals surface area contributed by atoms with E-state index in [0.717, 1.165) is 18.4 Å². The van der Waals surface area contributed by atoms with Crippen LogP contribution in [0.15, 0.2) is 35.4 Å². The minimum Gasteiger partial charge on any atom is -0.508 e. The summed E-state index contributed by atoms with van der Waals surface area (Å²) in [6, 6.07) is 6.86. The second-order valence-corrected chi connectivity index (χ2v) is 5.13. The Kier molecular flexibility index (Phi) is 5.96. The molecule has 0 aliphatic rings. The van der Waals surface area contributed by atoms with Gasteiger partial charge in [-0.25, -0.2) is 4.79 Å². The molecule has 0 heterocycles. The molecular formula is C16H21NO4. The highest BCUT2D eigenvalue weighted by Gasteiger charge is 2.14. The Bertz CT molecular complexity index is 546. The van der Waals surface area contributed by atoms with E-state index in [1.54, 1.807) is 12.1 Å². The zero-order chi connectivity index (χ0) is 16.0. The molecule has 0 radical (unpaired) electrons. The molecule has 1 aromatic carbocycles. The molecule has 1 amide bonds. The van der Waals surface area contributed by atoms with Gasteiger partial charge in [0.2, 0.25) is 5.91 Å². The molecule has 0 aromatic heterocycles. The Morgan fingerprint density at radius 1 is 1.14 bits per heavy atom. The Hall–Kier alpha value is -2.30. The maximum absolute atomic E-state index is 11.9. The average molecular weight is 291 g/mol. The van der Waals surface area contributed by atoms with Crippen molar-refractivity contribution in [2.75, 3.05) is 0 Å². The number of phenolic OH excluding ortho intramolecular Hbond substituents is 1. The van der Waals surface area contributed by atoms with E-state index in [2.05, 4.69) is 5.32 Å². The number of nitrogens with one attached hydrogen (secondary N) is 1.